The van der Waals surface area contributed by atoms with Crippen molar-refractivity contribution in [1.29, 1.82) is 0 Å². The number of amides is 1. The molecule has 2 bridgehead atoms. The van der Waals surface area contributed by atoms with Crippen molar-refractivity contribution in [3.8, 4) is 28.5 Å². The van der Waals surface area contributed by atoms with Gasteiger partial charge in [-0.3, -0.25) is 4.79 Å². The molecule has 10 nitrogen and oxygen atoms in total. The van der Waals surface area contributed by atoms with Gasteiger partial charge in [0.2, 0.25) is 0 Å². The normalized spacial score (nSPS) is 21.0. The molecule has 3 unspecified atom stereocenters. The molecule has 3 atom stereocenters. The number of fused-ring (bicyclic) bond motifs is 4. The van der Waals surface area contributed by atoms with Gasteiger partial charge in [-0.25, -0.2) is 18.4 Å². The summed E-state index contributed by atoms with van der Waals surface area (Å²) in [7, 11) is 0.494. The zero-order chi connectivity index (χ0) is 32.8. The summed E-state index contributed by atoms with van der Waals surface area (Å²) in [5.41, 5.74) is 13.9. The second-order valence-electron chi connectivity index (χ2n) is 13.9. The molecule has 1 amide bonds. The van der Waals surface area contributed by atoms with Gasteiger partial charge in [0.15, 0.2) is 15.7 Å². The maximum Gasteiger partial charge on any atom is 0.254 e. The number of benzene rings is 2. The van der Waals surface area contributed by atoms with E-state index in [2.05, 4.69) is 21.3 Å². The molecule has 1 saturated heterocycles. The number of likely N-dealkylation sites (tertiary alicyclic amines) is 1. The number of pyridine rings is 1. The number of methoxy groups -OCH3 is 1. The van der Waals surface area contributed by atoms with E-state index in [-0.39, 0.29) is 23.7 Å². The summed E-state index contributed by atoms with van der Waals surface area (Å²) in [4.78, 5) is 26.0. The monoisotopic (exact) mass is 652 g/mol. The molecule has 2 saturated carbocycles. The molecule has 5 aromatic rings. The SMILES string of the molecule is COc1cc(C(=O)N2CC3CCC2C3N)cc2nc(-c3cc4ccc(-c5ccc(CS(C)(=O)=O)c(C)c5)nc4n3CC3CC3)n(C)c12. The molecule has 0 radical (unpaired) electrons. The topological polar surface area (TPSA) is 125 Å². The Bertz CT molecular complexity index is 2200. The quantitative estimate of drug-likeness (QED) is 0.248. The van der Waals surface area contributed by atoms with Crippen LogP contribution in [-0.4, -0.2) is 70.3 Å². The zero-order valence-corrected chi connectivity index (χ0v) is 28.0. The minimum absolute atomic E-state index is 0.0146. The number of piperidine rings is 1. The van der Waals surface area contributed by atoms with Crippen molar-refractivity contribution in [2.24, 2.45) is 24.6 Å². The molecule has 4 heterocycles. The molecule has 3 aromatic heterocycles. The Hall–Kier alpha value is -4.22. The highest BCUT2D eigenvalue weighted by molar-refractivity contribution is 7.89. The Morgan fingerprint density at radius 2 is 1.85 bits per heavy atom. The van der Waals surface area contributed by atoms with E-state index >= 15 is 0 Å². The number of aryl methyl sites for hydroxylation is 2. The number of hydrogen-bond donors (Lipinski definition) is 1. The van der Waals surface area contributed by atoms with Crippen molar-refractivity contribution in [2.45, 2.75) is 57.0 Å². The van der Waals surface area contributed by atoms with Crippen LogP contribution in [0.1, 0.15) is 47.2 Å². The lowest BCUT2D eigenvalue weighted by molar-refractivity contribution is 0.0700. The lowest BCUT2D eigenvalue weighted by Gasteiger charge is -2.27. The number of ether oxygens (including phenoxy) is 1. The van der Waals surface area contributed by atoms with Crippen LogP contribution in [0.2, 0.25) is 0 Å². The summed E-state index contributed by atoms with van der Waals surface area (Å²) in [6.45, 7) is 3.49. The van der Waals surface area contributed by atoms with E-state index in [1.54, 1.807) is 7.11 Å². The first-order valence-electron chi connectivity index (χ1n) is 16.4. The second kappa shape index (κ2) is 10.9. The number of nitrogens with two attached hydrogens (primary N) is 1. The lowest BCUT2D eigenvalue weighted by atomic mass is 10.0. The average Bonchev–Trinajstić information content (AvgIpc) is 3.44. The first-order chi connectivity index (χ1) is 22.5. The molecule has 2 aromatic carbocycles. The van der Waals surface area contributed by atoms with Gasteiger partial charge in [0.05, 0.1) is 29.8 Å². The number of sulfone groups is 1. The molecular formula is C36H40N6O4S. The Morgan fingerprint density at radius 1 is 1.04 bits per heavy atom. The minimum atomic E-state index is -3.13. The maximum atomic E-state index is 13.7. The third kappa shape index (κ3) is 5.20. The van der Waals surface area contributed by atoms with Crippen molar-refractivity contribution in [3.63, 3.8) is 0 Å². The Kier molecular flexibility index (Phi) is 7.00. The summed E-state index contributed by atoms with van der Waals surface area (Å²) in [5, 5.41) is 1.02. The third-order valence-corrected chi connectivity index (χ3v) is 11.3. The van der Waals surface area contributed by atoms with Crippen LogP contribution in [0.4, 0.5) is 0 Å². The van der Waals surface area contributed by atoms with Gasteiger partial charge < -0.3 is 24.5 Å². The highest BCUT2D eigenvalue weighted by Crippen LogP contribution is 2.40. The number of rotatable bonds is 8. The number of imidazole rings is 1. The van der Waals surface area contributed by atoms with Crippen LogP contribution in [-0.2, 0) is 29.2 Å². The summed E-state index contributed by atoms with van der Waals surface area (Å²) < 4.78 is 34.0. The van der Waals surface area contributed by atoms with E-state index in [0.717, 1.165) is 69.8 Å². The minimum Gasteiger partial charge on any atom is -0.494 e. The van der Waals surface area contributed by atoms with Crippen molar-refractivity contribution in [2.75, 3.05) is 19.9 Å². The molecule has 2 aliphatic carbocycles. The van der Waals surface area contributed by atoms with Crippen LogP contribution in [0.15, 0.2) is 48.5 Å². The maximum absolute atomic E-state index is 13.7. The van der Waals surface area contributed by atoms with Gasteiger partial charge >= 0.3 is 0 Å². The van der Waals surface area contributed by atoms with Crippen LogP contribution in [0.5, 0.6) is 5.75 Å². The van der Waals surface area contributed by atoms with Crippen LogP contribution in [0.3, 0.4) is 0 Å². The molecule has 47 heavy (non-hydrogen) atoms. The second-order valence-corrected chi connectivity index (χ2v) is 16.0. The molecule has 0 spiro atoms. The number of carbonyl (C=O) groups excluding carboxylic acids is 1. The summed E-state index contributed by atoms with van der Waals surface area (Å²) in [6.07, 6.45) is 5.67. The third-order valence-electron chi connectivity index (χ3n) is 10.5. The molecule has 3 aliphatic rings. The predicted molar refractivity (Wildman–Crippen MR) is 183 cm³/mol. The van der Waals surface area contributed by atoms with Crippen LogP contribution in [0, 0.1) is 18.8 Å². The van der Waals surface area contributed by atoms with Crippen LogP contribution < -0.4 is 10.5 Å². The largest absolute Gasteiger partial charge is 0.494 e. The van der Waals surface area contributed by atoms with Crippen molar-refractivity contribution in [1.82, 2.24) is 24.0 Å². The smallest absolute Gasteiger partial charge is 0.254 e. The van der Waals surface area contributed by atoms with E-state index in [0.29, 0.717) is 35.2 Å². The van der Waals surface area contributed by atoms with Gasteiger partial charge in [-0.05, 0) is 92.0 Å². The molecule has 11 heteroatoms. The van der Waals surface area contributed by atoms with E-state index in [1.807, 2.05) is 55.3 Å². The number of nitrogens with zero attached hydrogens (tertiary/aromatic N) is 5. The lowest BCUT2D eigenvalue weighted by Crippen LogP contribution is -2.41. The van der Waals surface area contributed by atoms with E-state index in [4.69, 9.17) is 20.4 Å². The molecule has 244 valence electrons. The van der Waals surface area contributed by atoms with Gasteiger partial charge in [0, 0.05) is 55.0 Å². The summed E-state index contributed by atoms with van der Waals surface area (Å²) in [6, 6.07) is 16.0. The van der Waals surface area contributed by atoms with Gasteiger partial charge in [-0.1, -0.05) is 12.1 Å². The van der Waals surface area contributed by atoms with Gasteiger partial charge in [0.25, 0.3) is 5.91 Å². The molecule has 2 N–H and O–H groups in total. The predicted octanol–water partition coefficient (Wildman–Crippen LogP) is 5.09. The average molecular weight is 653 g/mol. The van der Waals surface area contributed by atoms with Crippen molar-refractivity contribution in [3.05, 3.63) is 65.2 Å². The standard InChI is InChI=1S/C36H40N6O4S/c1-20-13-22(7-8-25(20)19-47(4,44)45)27-11-9-23-15-30(41(34(23)38-27)17-21-5-6-21)35-39-28-14-26(16-31(46-3)33(28)40(35)2)36(43)42-18-24-10-12-29(42)32(24)37/h7-9,11,13-16,21,24,29,32H,5-6,10,12,17-19,37H2,1-4H3. The Balaban J connectivity index is 1.21. The van der Waals surface area contributed by atoms with Gasteiger partial charge in [-0.15, -0.1) is 0 Å². The fraction of sp³-hybridized carbons (Fsp3) is 0.417. The Morgan fingerprint density at radius 3 is 2.51 bits per heavy atom. The summed E-state index contributed by atoms with van der Waals surface area (Å²) >= 11 is 0. The Labute approximate surface area is 274 Å². The zero-order valence-electron chi connectivity index (χ0n) is 27.2. The first-order valence-corrected chi connectivity index (χ1v) is 18.4. The first kappa shape index (κ1) is 30.1. The highest BCUT2D eigenvalue weighted by Gasteiger charge is 2.47. The van der Waals surface area contributed by atoms with Gasteiger partial charge in [0.1, 0.15) is 16.9 Å². The van der Waals surface area contributed by atoms with E-state index in [9.17, 15) is 13.2 Å². The van der Waals surface area contributed by atoms with E-state index in [1.165, 1.54) is 19.1 Å². The van der Waals surface area contributed by atoms with Crippen LogP contribution >= 0.6 is 0 Å². The fourth-order valence-corrected chi connectivity index (χ4v) is 8.67. The highest BCUT2D eigenvalue weighted by atomic mass is 32.2. The van der Waals surface area contributed by atoms with Crippen molar-refractivity contribution < 1.29 is 17.9 Å². The van der Waals surface area contributed by atoms with Crippen molar-refractivity contribution >= 4 is 37.8 Å². The summed E-state index contributed by atoms with van der Waals surface area (Å²) in [5.74, 6) is 2.36. The number of hydrogen-bond acceptors (Lipinski definition) is 7. The van der Waals surface area contributed by atoms with Crippen LogP contribution in [0.25, 0.3) is 44.8 Å². The van der Waals surface area contributed by atoms with Gasteiger partial charge in [-0.2, -0.15) is 0 Å². The van der Waals surface area contributed by atoms with E-state index < -0.39 is 9.84 Å². The fourth-order valence-electron chi connectivity index (χ4n) is 7.78. The molecule has 3 fully saturated rings. The molecule has 8 rings (SSSR count). The molecule has 1 aliphatic heterocycles. The number of carbonyl (C=O) groups is 1. The number of aromatic nitrogens is 4. The molecular weight excluding hydrogens is 613 g/mol.